The maximum Gasteiger partial charge on any atom is 0.250 e. The summed E-state index contributed by atoms with van der Waals surface area (Å²) < 4.78 is 0.0531. The summed E-state index contributed by atoms with van der Waals surface area (Å²) in [6.45, 7) is 4.05. The van der Waals surface area contributed by atoms with Gasteiger partial charge in [0, 0.05) is 12.2 Å². The molecule has 1 atom stereocenters. The van der Waals surface area contributed by atoms with Gasteiger partial charge < -0.3 is 4.90 Å². The lowest BCUT2D eigenvalue weighted by Crippen LogP contribution is -2.38. The molecule has 1 amide bonds. The molecule has 1 heterocycles. The standard InChI is InChI=1S/C8H13NOS2/c1-6(2)9-4-5-12-8(11-3)7(9)10/h4-6,8H,1-3H3. The number of rotatable bonds is 2. The summed E-state index contributed by atoms with van der Waals surface area (Å²) in [5.41, 5.74) is 0. The molecule has 0 saturated carbocycles. The second-order valence-corrected chi connectivity index (χ2v) is 5.09. The predicted octanol–water partition coefficient (Wildman–Crippen LogP) is 2.13. The largest absolute Gasteiger partial charge is 0.314 e. The fourth-order valence-electron chi connectivity index (χ4n) is 1.01. The second kappa shape index (κ2) is 4.23. The monoisotopic (exact) mass is 203 g/mol. The quantitative estimate of drug-likeness (QED) is 0.686. The third-order valence-corrected chi connectivity index (χ3v) is 3.92. The zero-order valence-corrected chi connectivity index (χ0v) is 9.11. The van der Waals surface area contributed by atoms with E-state index in [0.717, 1.165) is 0 Å². The molecule has 0 aromatic rings. The van der Waals surface area contributed by atoms with Crippen LogP contribution in [0.3, 0.4) is 0 Å². The smallest absolute Gasteiger partial charge is 0.250 e. The Kier molecular flexibility index (Phi) is 3.53. The first kappa shape index (κ1) is 9.99. The summed E-state index contributed by atoms with van der Waals surface area (Å²) in [5.74, 6) is 0.213. The fourth-order valence-corrected chi connectivity index (χ4v) is 2.55. The topological polar surface area (TPSA) is 20.3 Å². The van der Waals surface area contributed by atoms with Crippen LogP contribution in [0.4, 0.5) is 0 Å². The van der Waals surface area contributed by atoms with Crippen LogP contribution in [0, 0.1) is 0 Å². The van der Waals surface area contributed by atoms with E-state index in [0.29, 0.717) is 0 Å². The third kappa shape index (κ3) is 1.98. The minimum absolute atomic E-state index is 0.0531. The van der Waals surface area contributed by atoms with Crippen molar-refractivity contribution in [2.75, 3.05) is 6.26 Å². The molecule has 0 saturated heterocycles. The molecule has 0 N–H and O–H groups in total. The lowest BCUT2D eigenvalue weighted by atomic mass is 10.3. The Morgan fingerprint density at radius 3 is 2.83 bits per heavy atom. The molecule has 0 fully saturated rings. The minimum Gasteiger partial charge on any atom is -0.314 e. The van der Waals surface area contributed by atoms with Gasteiger partial charge in [0.2, 0.25) is 5.91 Å². The number of carbonyl (C=O) groups is 1. The van der Waals surface area contributed by atoms with Crippen molar-refractivity contribution in [2.45, 2.75) is 24.5 Å². The molecule has 0 bridgehead atoms. The van der Waals surface area contributed by atoms with E-state index in [1.165, 1.54) is 0 Å². The number of amides is 1. The fraction of sp³-hybridized carbons (Fsp3) is 0.625. The van der Waals surface area contributed by atoms with E-state index >= 15 is 0 Å². The highest BCUT2D eigenvalue weighted by Crippen LogP contribution is 2.29. The lowest BCUT2D eigenvalue weighted by Gasteiger charge is -2.29. The van der Waals surface area contributed by atoms with Crippen LogP contribution in [-0.4, -0.2) is 27.7 Å². The maximum atomic E-state index is 11.6. The normalized spacial score (nSPS) is 23.8. The summed E-state index contributed by atoms with van der Waals surface area (Å²) in [7, 11) is 0. The van der Waals surface area contributed by atoms with Crippen LogP contribution in [-0.2, 0) is 4.79 Å². The van der Waals surface area contributed by atoms with E-state index in [4.69, 9.17) is 0 Å². The zero-order chi connectivity index (χ0) is 9.14. The highest BCUT2D eigenvalue weighted by molar-refractivity contribution is 8.19. The van der Waals surface area contributed by atoms with Gasteiger partial charge in [-0.25, -0.2) is 0 Å². The Morgan fingerprint density at radius 1 is 1.67 bits per heavy atom. The lowest BCUT2D eigenvalue weighted by molar-refractivity contribution is -0.127. The SMILES string of the molecule is CSC1SC=CN(C(C)C)C1=O. The van der Waals surface area contributed by atoms with Gasteiger partial charge in [-0.05, 0) is 25.5 Å². The Hall–Kier alpha value is -0.0900. The Balaban J connectivity index is 2.71. The molecule has 0 spiro atoms. The van der Waals surface area contributed by atoms with Gasteiger partial charge >= 0.3 is 0 Å². The first-order valence-electron chi connectivity index (χ1n) is 3.84. The van der Waals surface area contributed by atoms with Crippen molar-refractivity contribution in [2.24, 2.45) is 0 Å². The zero-order valence-electron chi connectivity index (χ0n) is 7.48. The van der Waals surface area contributed by atoms with Crippen molar-refractivity contribution in [3.05, 3.63) is 11.6 Å². The minimum atomic E-state index is 0.0531. The van der Waals surface area contributed by atoms with Crippen LogP contribution in [0.25, 0.3) is 0 Å². The highest BCUT2D eigenvalue weighted by Gasteiger charge is 2.26. The van der Waals surface area contributed by atoms with Gasteiger partial charge in [0.15, 0.2) is 0 Å². The number of hydrogen-bond donors (Lipinski definition) is 0. The molecule has 0 aliphatic carbocycles. The Bertz CT molecular complexity index is 203. The van der Waals surface area contributed by atoms with Crippen LogP contribution < -0.4 is 0 Å². The van der Waals surface area contributed by atoms with Gasteiger partial charge in [-0.3, -0.25) is 4.79 Å². The van der Waals surface area contributed by atoms with Gasteiger partial charge in [0.1, 0.15) is 4.58 Å². The molecule has 0 radical (unpaired) electrons. The molecule has 0 aromatic carbocycles. The molecule has 68 valence electrons. The molecule has 1 aliphatic heterocycles. The van der Waals surface area contributed by atoms with Crippen molar-refractivity contribution in [1.82, 2.24) is 4.90 Å². The highest BCUT2D eigenvalue weighted by atomic mass is 32.2. The number of hydrogen-bond acceptors (Lipinski definition) is 3. The average Bonchev–Trinajstić information content (AvgIpc) is 2.04. The van der Waals surface area contributed by atoms with E-state index in [9.17, 15) is 4.79 Å². The molecule has 12 heavy (non-hydrogen) atoms. The summed E-state index contributed by atoms with van der Waals surface area (Å²) >= 11 is 3.18. The van der Waals surface area contributed by atoms with Crippen LogP contribution >= 0.6 is 23.5 Å². The van der Waals surface area contributed by atoms with E-state index in [2.05, 4.69) is 0 Å². The van der Waals surface area contributed by atoms with Crippen molar-refractivity contribution >= 4 is 29.4 Å². The van der Waals surface area contributed by atoms with Gasteiger partial charge in [-0.1, -0.05) is 0 Å². The van der Waals surface area contributed by atoms with Crippen molar-refractivity contribution in [3.8, 4) is 0 Å². The molecular weight excluding hydrogens is 190 g/mol. The molecular formula is C8H13NOS2. The molecule has 4 heteroatoms. The van der Waals surface area contributed by atoms with Crippen LogP contribution in [0.5, 0.6) is 0 Å². The first-order chi connectivity index (χ1) is 5.66. The van der Waals surface area contributed by atoms with Crippen molar-refractivity contribution in [1.29, 1.82) is 0 Å². The van der Waals surface area contributed by atoms with E-state index in [1.54, 1.807) is 28.4 Å². The number of nitrogens with zero attached hydrogens (tertiary/aromatic N) is 1. The molecule has 0 aromatic heterocycles. The van der Waals surface area contributed by atoms with Crippen LogP contribution in [0.1, 0.15) is 13.8 Å². The third-order valence-electron chi connectivity index (χ3n) is 1.65. The maximum absolute atomic E-state index is 11.6. The average molecular weight is 203 g/mol. The van der Waals surface area contributed by atoms with E-state index in [1.807, 2.05) is 31.7 Å². The number of thioether (sulfide) groups is 2. The molecule has 1 rings (SSSR count). The number of carbonyl (C=O) groups excluding carboxylic acids is 1. The van der Waals surface area contributed by atoms with Crippen molar-refractivity contribution in [3.63, 3.8) is 0 Å². The van der Waals surface area contributed by atoms with Crippen molar-refractivity contribution < 1.29 is 4.79 Å². The van der Waals surface area contributed by atoms with Gasteiger partial charge in [-0.15, -0.1) is 23.5 Å². The summed E-state index contributed by atoms with van der Waals surface area (Å²) in [5, 5.41) is 1.99. The van der Waals surface area contributed by atoms with E-state index in [-0.39, 0.29) is 16.5 Å². The van der Waals surface area contributed by atoms with Crippen LogP contribution in [0.2, 0.25) is 0 Å². The van der Waals surface area contributed by atoms with E-state index < -0.39 is 0 Å². The summed E-state index contributed by atoms with van der Waals surface area (Å²) in [6, 6.07) is 0.268. The Labute approximate surface area is 81.8 Å². The molecule has 1 aliphatic rings. The van der Waals surface area contributed by atoms with Gasteiger partial charge in [0.25, 0.3) is 0 Å². The van der Waals surface area contributed by atoms with Crippen LogP contribution in [0.15, 0.2) is 11.6 Å². The summed E-state index contributed by atoms with van der Waals surface area (Å²) in [4.78, 5) is 13.4. The molecule has 2 nitrogen and oxygen atoms in total. The summed E-state index contributed by atoms with van der Waals surface area (Å²) in [6.07, 6.45) is 3.83. The van der Waals surface area contributed by atoms with Gasteiger partial charge in [-0.2, -0.15) is 0 Å². The predicted molar refractivity (Wildman–Crippen MR) is 56.0 cm³/mol. The Morgan fingerprint density at radius 2 is 2.33 bits per heavy atom. The second-order valence-electron chi connectivity index (χ2n) is 2.83. The molecule has 1 unspecified atom stereocenters. The first-order valence-corrected chi connectivity index (χ1v) is 6.07. The van der Waals surface area contributed by atoms with Gasteiger partial charge in [0.05, 0.1) is 0 Å².